The minimum Gasteiger partial charge on any atom is -0.468 e. The van der Waals surface area contributed by atoms with Gasteiger partial charge >= 0.3 is 5.97 Å². The summed E-state index contributed by atoms with van der Waals surface area (Å²) in [4.78, 5) is 13.2. The molecule has 0 radical (unpaired) electrons. The standard InChI is InChI=1S/C12H17NO3/c1-3-7-13(10-12(14)15-4-2)9-11-6-5-8-16-11/h3,5-6,8H,1,4,7,9-10H2,2H3. The van der Waals surface area contributed by atoms with Gasteiger partial charge in [0.05, 0.1) is 26.0 Å². The predicted octanol–water partition coefficient (Wildman–Crippen LogP) is 1.83. The maximum Gasteiger partial charge on any atom is 0.320 e. The summed E-state index contributed by atoms with van der Waals surface area (Å²) < 4.78 is 10.1. The van der Waals surface area contributed by atoms with Crippen molar-refractivity contribution >= 4 is 5.97 Å². The zero-order valence-corrected chi connectivity index (χ0v) is 9.52. The average molecular weight is 223 g/mol. The number of hydrogen-bond donors (Lipinski definition) is 0. The van der Waals surface area contributed by atoms with Crippen molar-refractivity contribution in [3.05, 3.63) is 36.8 Å². The van der Waals surface area contributed by atoms with Gasteiger partial charge in [-0.25, -0.2) is 0 Å². The summed E-state index contributed by atoms with van der Waals surface area (Å²) in [5, 5.41) is 0. The van der Waals surface area contributed by atoms with Crippen molar-refractivity contribution in [2.45, 2.75) is 13.5 Å². The lowest BCUT2D eigenvalue weighted by Gasteiger charge is -2.17. The van der Waals surface area contributed by atoms with E-state index in [2.05, 4.69) is 6.58 Å². The molecule has 4 heteroatoms. The SMILES string of the molecule is C=CCN(CC(=O)OCC)Cc1ccco1. The van der Waals surface area contributed by atoms with Crippen molar-refractivity contribution in [1.82, 2.24) is 4.90 Å². The Bertz CT molecular complexity index is 319. The van der Waals surface area contributed by atoms with Crippen LogP contribution < -0.4 is 0 Å². The molecule has 0 aromatic carbocycles. The van der Waals surface area contributed by atoms with Gasteiger partial charge in [-0.1, -0.05) is 6.08 Å². The van der Waals surface area contributed by atoms with Crippen LogP contribution in [0.15, 0.2) is 35.5 Å². The van der Waals surface area contributed by atoms with Crippen molar-refractivity contribution in [1.29, 1.82) is 0 Å². The van der Waals surface area contributed by atoms with Crippen LogP contribution in [-0.4, -0.2) is 30.6 Å². The first-order chi connectivity index (χ1) is 7.76. The molecule has 0 saturated heterocycles. The Labute approximate surface area is 95.5 Å². The molecule has 0 spiro atoms. The molecule has 88 valence electrons. The number of ether oxygens (including phenoxy) is 1. The Balaban J connectivity index is 2.47. The van der Waals surface area contributed by atoms with Gasteiger partial charge in [-0.2, -0.15) is 0 Å². The minimum atomic E-state index is -0.226. The first-order valence-electron chi connectivity index (χ1n) is 5.27. The molecular weight excluding hydrogens is 206 g/mol. The second-order valence-electron chi connectivity index (χ2n) is 3.34. The molecule has 0 aliphatic heterocycles. The topological polar surface area (TPSA) is 42.7 Å². The van der Waals surface area contributed by atoms with Crippen LogP contribution in [0.2, 0.25) is 0 Å². The number of esters is 1. The third kappa shape index (κ3) is 4.31. The quantitative estimate of drug-likeness (QED) is 0.522. The molecule has 0 N–H and O–H groups in total. The molecule has 1 rings (SSSR count). The second kappa shape index (κ2) is 6.85. The highest BCUT2D eigenvalue weighted by Gasteiger charge is 2.11. The molecule has 1 aromatic heterocycles. The number of rotatable bonds is 7. The Hall–Kier alpha value is -1.55. The van der Waals surface area contributed by atoms with Crippen LogP contribution in [0.3, 0.4) is 0 Å². The van der Waals surface area contributed by atoms with Gasteiger partial charge in [0.2, 0.25) is 0 Å². The van der Waals surface area contributed by atoms with Gasteiger partial charge < -0.3 is 9.15 Å². The Morgan fingerprint density at radius 2 is 2.50 bits per heavy atom. The molecule has 0 atom stereocenters. The zero-order chi connectivity index (χ0) is 11.8. The summed E-state index contributed by atoms with van der Waals surface area (Å²) in [6.45, 7) is 7.31. The first-order valence-corrected chi connectivity index (χ1v) is 5.27. The number of hydrogen-bond acceptors (Lipinski definition) is 4. The molecule has 0 aliphatic carbocycles. The lowest BCUT2D eigenvalue weighted by molar-refractivity contribution is -0.144. The molecule has 4 nitrogen and oxygen atoms in total. The summed E-state index contributed by atoms with van der Waals surface area (Å²) in [5.74, 6) is 0.599. The fraction of sp³-hybridized carbons (Fsp3) is 0.417. The number of furan rings is 1. The Kier molecular flexibility index (Phi) is 5.36. The molecule has 0 aliphatic rings. The van der Waals surface area contributed by atoms with E-state index < -0.39 is 0 Å². The van der Waals surface area contributed by atoms with E-state index in [1.54, 1.807) is 19.3 Å². The van der Waals surface area contributed by atoms with E-state index in [0.717, 1.165) is 5.76 Å². The van der Waals surface area contributed by atoms with E-state index in [1.165, 1.54) is 0 Å². The lowest BCUT2D eigenvalue weighted by atomic mass is 10.3. The largest absolute Gasteiger partial charge is 0.468 e. The molecule has 0 unspecified atom stereocenters. The van der Waals surface area contributed by atoms with Gasteiger partial charge in [-0.3, -0.25) is 9.69 Å². The average Bonchev–Trinajstić information content (AvgIpc) is 2.71. The fourth-order valence-corrected chi connectivity index (χ4v) is 1.38. The second-order valence-corrected chi connectivity index (χ2v) is 3.34. The summed E-state index contributed by atoms with van der Waals surface area (Å²) in [6, 6.07) is 3.70. The van der Waals surface area contributed by atoms with Gasteiger partial charge in [0, 0.05) is 6.54 Å². The summed E-state index contributed by atoms with van der Waals surface area (Å²) >= 11 is 0. The highest BCUT2D eigenvalue weighted by Crippen LogP contribution is 2.05. The molecule has 0 bridgehead atoms. The number of carbonyl (C=O) groups excluding carboxylic acids is 1. The van der Waals surface area contributed by atoms with Crippen molar-refractivity contribution in [3.63, 3.8) is 0 Å². The maximum atomic E-state index is 11.3. The van der Waals surface area contributed by atoms with Crippen molar-refractivity contribution in [3.8, 4) is 0 Å². The van der Waals surface area contributed by atoms with Crippen LogP contribution in [0.1, 0.15) is 12.7 Å². The van der Waals surface area contributed by atoms with Crippen LogP contribution in [0.25, 0.3) is 0 Å². The minimum absolute atomic E-state index is 0.226. The Morgan fingerprint density at radius 3 is 3.06 bits per heavy atom. The van der Waals surface area contributed by atoms with Gasteiger partial charge in [0.15, 0.2) is 0 Å². The molecule has 1 heterocycles. The lowest BCUT2D eigenvalue weighted by Crippen LogP contribution is -2.30. The van der Waals surface area contributed by atoms with Crippen molar-refractivity contribution < 1.29 is 13.9 Å². The summed E-state index contributed by atoms with van der Waals surface area (Å²) in [5.41, 5.74) is 0. The highest BCUT2D eigenvalue weighted by molar-refractivity contribution is 5.71. The van der Waals surface area contributed by atoms with E-state index >= 15 is 0 Å². The third-order valence-corrected chi connectivity index (χ3v) is 2.00. The normalized spacial score (nSPS) is 10.4. The van der Waals surface area contributed by atoms with E-state index in [-0.39, 0.29) is 12.5 Å². The van der Waals surface area contributed by atoms with E-state index in [4.69, 9.17) is 9.15 Å². The van der Waals surface area contributed by atoms with Crippen LogP contribution in [0.5, 0.6) is 0 Å². The number of nitrogens with zero attached hydrogens (tertiary/aromatic N) is 1. The molecule has 0 saturated carbocycles. The first kappa shape index (κ1) is 12.5. The van der Waals surface area contributed by atoms with Gasteiger partial charge in [-0.05, 0) is 19.1 Å². The monoisotopic (exact) mass is 223 g/mol. The zero-order valence-electron chi connectivity index (χ0n) is 9.52. The molecule has 0 fully saturated rings. The van der Waals surface area contributed by atoms with Crippen LogP contribution in [0.4, 0.5) is 0 Å². The smallest absolute Gasteiger partial charge is 0.320 e. The van der Waals surface area contributed by atoms with Crippen molar-refractivity contribution in [2.24, 2.45) is 0 Å². The summed E-state index contributed by atoms with van der Waals surface area (Å²) in [7, 11) is 0. The molecule has 16 heavy (non-hydrogen) atoms. The van der Waals surface area contributed by atoms with Crippen molar-refractivity contribution in [2.75, 3.05) is 19.7 Å². The van der Waals surface area contributed by atoms with Gasteiger partial charge in [0.25, 0.3) is 0 Å². The Morgan fingerprint density at radius 1 is 1.69 bits per heavy atom. The highest BCUT2D eigenvalue weighted by atomic mass is 16.5. The van der Waals surface area contributed by atoms with Gasteiger partial charge in [-0.15, -0.1) is 6.58 Å². The molecule has 0 amide bonds. The van der Waals surface area contributed by atoms with E-state index in [1.807, 2.05) is 17.0 Å². The van der Waals surface area contributed by atoms with Crippen LogP contribution >= 0.6 is 0 Å². The molecule has 1 aromatic rings. The van der Waals surface area contributed by atoms with E-state index in [9.17, 15) is 4.79 Å². The third-order valence-electron chi connectivity index (χ3n) is 2.00. The predicted molar refractivity (Wildman–Crippen MR) is 60.8 cm³/mol. The van der Waals surface area contributed by atoms with E-state index in [0.29, 0.717) is 19.7 Å². The van der Waals surface area contributed by atoms with Gasteiger partial charge in [0.1, 0.15) is 5.76 Å². The number of carbonyl (C=O) groups is 1. The van der Waals surface area contributed by atoms with Crippen LogP contribution in [0, 0.1) is 0 Å². The van der Waals surface area contributed by atoms with Crippen LogP contribution in [-0.2, 0) is 16.1 Å². The molecular formula is C12H17NO3. The summed E-state index contributed by atoms with van der Waals surface area (Å²) in [6.07, 6.45) is 3.37. The fourth-order valence-electron chi connectivity index (χ4n) is 1.38. The maximum absolute atomic E-state index is 11.3.